The number of aldehydes is 1. The highest BCUT2D eigenvalue weighted by atomic mass is 16.5. The summed E-state index contributed by atoms with van der Waals surface area (Å²) >= 11 is 0. The summed E-state index contributed by atoms with van der Waals surface area (Å²) in [5.41, 5.74) is 2.95. The molecule has 0 saturated carbocycles. The Bertz CT molecular complexity index is 919. The summed E-state index contributed by atoms with van der Waals surface area (Å²) in [5.74, 6) is 0. The van der Waals surface area contributed by atoms with Crippen LogP contribution in [-0.2, 0) is 15.1 Å². The maximum atomic E-state index is 10.3. The largest absolute Gasteiger partial charge is 0.361 e. The van der Waals surface area contributed by atoms with Gasteiger partial charge in [-0.15, -0.1) is 0 Å². The molecule has 0 aliphatic heterocycles. The van der Waals surface area contributed by atoms with Crippen LogP contribution < -0.4 is 0 Å². The van der Waals surface area contributed by atoms with Gasteiger partial charge >= 0.3 is 0 Å². The van der Waals surface area contributed by atoms with Crippen LogP contribution in [0.1, 0.15) is 132 Å². The molecule has 222 valence electrons. The zero-order chi connectivity index (χ0) is 28.7. The second-order valence-corrected chi connectivity index (χ2v) is 11.6. The lowest BCUT2D eigenvalue weighted by atomic mass is 9.80. The molecule has 0 amide bonds. The van der Waals surface area contributed by atoms with Crippen LogP contribution in [0.15, 0.2) is 91.0 Å². The molecule has 0 saturated heterocycles. The molecule has 3 rings (SSSR count). The van der Waals surface area contributed by atoms with Crippen molar-refractivity contribution in [2.75, 3.05) is 6.61 Å². The summed E-state index contributed by atoms with van der Waals surface area (Å²) < 4.78 is 6.91. The van der Waals surface area contributed by atoms with E-state index in [1.165, 1.54) is 113 Å². The Kier molecular flexibility index (Phi) is 16.8. The summed E-state index contributed by atoms with van der Waals surface area (Å²) in [6, 6.07) is 32.1. The topological polar surface area (TPSA) is 26.3 Å². The Labute approximate surface area is 250 Å². The van der Waals surface area contributed by atoms with Crippen molar-refractivity contribution in [1.29, 1.82) is 0 Å². The second kappa shape index (κ2) is 21.1. The van der Waals surface area contributed by atoms with E-state index in [0.29, 0.717) is 0 Å². The number of unbranched alkanes of at least 4 members (excludes halogenated alkanes) is 17. The van der Waals surface area contributed by atoms with E-state index in [1.54, 1.807) is 0 Å². The van der Waals surface area contributed by atoms with Crippen molar-refractivity contribution in [3.63, 3.8) is 0 Å². The van der Waals surface area contributed by atoms with Crippen molar-refractivity contribution in [3.05, 3.63) is 108 Å². The molecule has 0 aromatic heterocycles. The van der Waals surface area contributed by atoms with Gasteiger partial charge in [-0.25, -0.2) is 0 Å². The number of benzene rings is 3. The average molecular weight is 555 g/mol. The Morgan fingerprint density at radius 1 is 0.415 bits per heavy atom. The number of rotatable bonds is 24. The molecule has 0 fully saturated rings. The van der Waals surface area contributed by atoms with Crippen LogP contribution in [0.5, 0.6) is 0 Å². The molecule has 3 aromatic carbocycles. The van der Waals surface area contributed by atoms with Gasteiger partial charge in [0.15, 0.2) is 0 Å². The Hall–Kier alpha value is -2.71. The maximum Gasteiger partial charge on any atom is 0.143 e. The van der Waals surface area contributed by atoms with Crippen LogP contribution in [-0.4, -0.2) is 12.9 Å². The molecule has 0 unspecified atom stereocenters. The lowest BCUT2D eigenvalue weighted by Gasteiger charge is -2.36. The zero-order valence-electron chi connectivity index (χ0n) is 25.5. The molecule has 0 bridgehead atoms. The van der Waals surface area contributed by atoms with Gasteiger partial charge in [0.25, 0.3) is 0 Å². The van der Waals surface area contributed by atoms with E-state index >= 15 is 0 Å². The van der Waals surface area contributed by atoms with E-state index in [1.807, 2.05) is 0 Å². The van der Waals surface area contributed by atoms with Crippen LogP contribution in [0.4, 0.5) is 0 Å². The standard InChI is InChI=1S/C39H54O2/c40-34-26-15-13-11-9-7-5-3-1-2-4-6-8-10-12-14-16-27-35-41-39(36-28-20-17-21-29-36,37-30-22-18-23-31-37)38-32-24-19-25-33-38/h17-25,28-34H,1-16,26-27,35H2. The molecule has 2 nitrogen and oxygen atoms in total. The van der Waals surface area contributed by atoms with Crippen molar-refractivity contribution in [1.82, 2.24) is 0 Å². The highest BCUT2D eigenvalue weighted by Crippen LogP contribution is 2.40. The minimum atomic E-state index is -0.596. The number of hydrogen-bond donors (Lipinski definition) is 0. The van der Waals surface area contributed by atoms with Crippen molar-refractivity contribution >= 4 is 6.29 Å². The van der Waals surface area contributed by atoms with Crippen molar-refractivity contribution in [2.24, 2.45) is 0 Å². The van der Waals surface area contributed by atoms with Gasteiger partial charge in [-0.2, -0.15) is 0 Å². The van der Waals surface area contributed by atoms with Gasteiger partial charge in [0, 0.05) is 13.0 Å². The molecular weight excluding hydrogens is 500 g/mol. The van der Waals surface area contributed by atoms with E-state index in [4.69, 9.17) is 4.74 Å². The highest BCUT2D eigenvalue weighted by molar-refractivity contribution is 5.49. The van der Waals surface area contributed by atoms with Crippen LogP contribution in [0, 0.1) is 0 Å². The third kappa shape index (κ3) is 12.0. The highest BCUT2D eigenvalue weighted by Gasteiger charge is 2.37. The van der Waals surface area contributed by atoms with Crippen LogP contribution in [0.3, 0.4) is 0 Å². The van der Waals surface area contributed by atoms with E-state index < -0.39 is 5.60 Å². The summed E-state index contributed by atoms with van der Waals surface area (Å²) in [7, 11) is 0. The predicted molar refractivity (Wildman–Crippen MR) is 174 cm³/mol. The number of carbonyl (C=O) groups excluding carboxylic acids is 1. The van der Waals surface area contributed by atoms with E-state index in [9.17, 15) is 4.79 Å². The normalized spacial score (nSPS) is 11.5. The van der Waals surface area contributed by atoms with Crippen LogP contribution in [0.25, 0.3) is 0 Å². The predicted octanol–water partition coefficient (Wildman–Crippen LogP) is 11.2. The molecule has 0 heterocycles. The molecule has 3 aromatic rings. The summed E-state index contributed by atoms with van der Waals surface area (Å²) in [6.07, 6.45) is 24.2. The van der Waals surface area contributed by atoms with Gasteiger partial charge in [0.2, 0.25) is 0 Å². The number of ether oxygens (including phenoxy) is 1. The Morgan fingerprint density at radius 3 is 1.02 bits per heavy atom. The first-order chi connectivity index (χ1) is 20.4. The van der Waals surface area contributed by atoms with Gasteiger partial charge in [0.1, 0.15) is 11.9 Å². The molecular formula is C39H54O2. The molecule has 0 radical (unpaired) electrons. The van der Waals surface area contributed by atoms with E-state index in [-0.39, 0.29) is 0 Å². The summed E-state index contributed by atoms with van der Waals surface area (Å²) in [6.45, 7) is 0.749. The van der Waals surface area contributed by atoms with E-state index in [0.717, 1.165) is 32.2 Å². The monoisotopic (exact) mass is 554 g/mol. The average Bonchev–Trinajstić information content (AvgIpc) is 3.03. The zero-order valence-corrected chi connectivity index (χ0v) is 25.5. The first kappa shape index (κ1) is 32.8. The second-order valence-electron chi connectivity index (χ2n) is 11.6. The van der Waals surface area contributed by atoms with Crippen molar-refractivity contribution in [2.45, 2.75) is 121 Å². The first-order valence-electron chi connectivity index (χ1n) is 16.6. The molecule has 0 spiro atoms. The quantitative estimate of drug-likeness (QED) is 0.0625. The SMILES string of the molecule is O=CCCCCCCCCCCCCCCCCCCCOC(c1ccccc1)(c1ccccc1)c1ccccc1. The van der Waals surface area contributed by atoms with Crippen molar-refractivity contribution in [3.8, 4) is 0 Å². The van der Waals surface area contributed by atoms with Crippen LogP contribution in [0.2, 0.25) is 0 Å². The fraction of sp³-hybridized carbons (Fsp3) is 0.513. The fourth-order valence-electron chi connectivity index (χ4n) is 5.98. The third-order valence-electron chi connectivity index (χ3n) is 8.33. The van der Waals surface area contributed by atoms with Crippen LogP contribution >= 0.6 is 0 Å². The van der Waals surface area contributed by atoms with Gasteiger partial charge in [-0.1, -0.05) is 187 Å². The Balaban J connectivity index is 1.29. The van der Waals surface area contributed by atoms with Gasteiger partial charge in [-0.05, 0) is 29.5 Å². The van der Waals surface area contributed by atoms with Gasteiger partial charge < -0.3 is 9.53 Å². The number of carbonyl (C=O) groups is 1. The molecule has 41 heavy (non-hydrogen) atoms. The molecule has 2 heteroatoms. The Morgan fingerprint density at radius 2 is 0.707 bits per heavy atom. The summed E-state index contributed by atoms with van der Waals surface area (Å²) in [4.78, 5) is 10.3. The minimum Gasteiger partial charge on any atom is -0.361 e. The molecule has 0 aliphatic carbocycles. The van der Waals surface area contributed by atoms with E-state index in [2.05, 4.69) is 91.0 Å². The third-order valence-corrected chi connectivity index (χ3v) is 8.33. The maximum absolute atomic E-state index is 10.3. The minimum absolute atomic E-state index is 0.596. The molecule has 0 N–H and O–H groups in total. The van der Waals surface area contributed by atoms with Gasteiger partial charge in [0.05, 0.1) is 0 Å². The summed E-state index contributed by atoms with van der Waals surface area (Å²) in [5, 5.41) is 0. The lowest BCUT2D eigenvalue weighted by Crippen LogP contribution is -2.33. The number of hydrogen-bond acceptors (Lipinski definition) is 2. The smallest absolute Gasteiger partial charge is 0.143 e. The fourth-order valence-corrected chi connectivity index (χ4v) is 5.98. The molecule has 0 atom stereocenters. The molecule has 0 aliphatic rings. The van der Waals surface area contributed by atoms with Crippen molar-refractivity contribution < 1.29 is 9.53 Å². The first-order valence-corrected chi connectivity index (χ1v) is 16.6. The lowest BCUT2D eigenvalue weighted by molar-refractivity contribution is -0.107. The van der Waals surface area contributed by atoms with Gasteiger partial charge in [-0.3, -0.25) is 0 Å².